The number of H-pyrrole nitrogens is 1. The summed E-state index contributed by atoms with van der Waals surface area (Å²) in [6.07, 6.45) is 1.32. The van der Waals surface area contributed by atoms with Crippen LogP contribution in [0, 0.1) is 5.92 Å². The van der Waals surface area contributed by atoms with Gasteiger partial charge in [-0.2, -0.15) is 0 Å². The van der Waals surface area contributed by atoms with Gasteiger partial charge in [-0.25, -0.2) is 4.79 Å². The molecule has 0 spiro atoms. The van der Waals surface area contributed by atoms with Crippen LogP contribution in [0.3, 0.4) is 0 Å². The van der Waals surface area contributed by atoms with Crippen molar-refractivity contribution in [2.45, 2.75) is 52.6 Å². The van der Waals surface area contributed by atoms with E-state index in [9.17, 15) is 14.4 Å². The summed E-state index contributed by atoms with van der Waals surface area (Å²) < 4.78 is 1.18. The first-order valence-corrected chi connectivity index (χ1v) is 8.77. The molecule has 26 heavy (non-hydrogen) atoms. The zero-order chi connectivity index (χ0) is 19.5. The normalized spacial score (nSPS) is 12.8. The zero-order valence-corrected chi connectivity index (χ0v) is 16.0. The van der Waals surface area contributed by atoms with Gasteiger partial charge in [-0.1, -0.05) is 58.9 Å². The maximum Gasteiger partial charge on any atom is 0.328 e. The van der Waals surface area contributed by atoms with E-state index in [-0.39, 0.29) is 29.8 Å². The number of nitrogens with zero attached hydrogens (tertiary/aromatic N) is 1. The van der Waals surface area contributed by atoms with Crippen LogP contribution in [0.2, 0.25) is 0 Å². The molecule has 1 atom stereocenters. The molecular weight excluding hydrogens is 330 g/mol. The smallest absolute Gasteiger partial charge is 0.328 e. The SMILES string of the molecule is CC(C)[C@H](NC(=O)Cn1ccc(=O)[nH]c1=O)c1ccc(C(C)(C)C)cc1. The van der Waals surface area contributed by atoms with Crippen LogP contribution in [-0.2, 0) is 16.8 Å². The summed E-state index contributed by atoms with van der Waals surface area (Å²) in [5, 5.41) is 2.99. The minimum absolute atomic E-state index is 0.0699. The fourth-order valence-electron chi connectivity index (χ4n) is 2.77. The first kappa shape index (κ1) is 19.7. The molecule has 6 nitrogen and oxygen atoms in total. The molecule has 0 saturated heterocycles. The molecule has 0 radical (unpaired) electrons. The summed E-state index contributed by atoms with van der Waals surface area (Å²) in [7, 11) is 0. The van der Waals surface area contributed by atoms with Gasteiger partial charge < -0.3 is 5.32 Å². The number of hydrogen-bond acceptors (Lipinski definition) is 3. The Morgan fingerprint density at radius 2 is 1.73 bits per heavy atom. The molecule has 0 fully saturated rings. The Kier molecular flexibility index (Phi) is 5.85. The molecule has 6 heteroatoms. The average Bonchev–Trinajstić information content (AvgIpc) is 2.54. The van der Waals surface area contributed by atoms with E-state index in [1.165, 1.54) is 22.4 Å². The molecule has 2 rings (SSSR count). The predicted octanol–water partition coefficient (Wildman–Crippen LogP) is 2.35. The number of carbonyl (C=O) groups is 1. The number of rotatable bonds is 5. The van der Waals surface area contributed by atoms with Gasteiger partial charge in [-0.05, 0) is 22.5 Å². The number of aromatic nitrogens is 2. The molecule has 0 aliphatic rings. The fraction of sp³-hybridized carbons (Fsp3) is 0.450. The number of carbonyl (C=O) groups excluding carboxylic acids is 1. The minimum Gasteiger partial charge on any atom is -0.347 e. The molecular formula is C20H27N3O3. The molecule has 0 aliphatic heterocycles. The van der Waals surface area contributed by atoms with Crippen molar-refractivity contribution in [3.05, 3.63) is 68.5 Å². The molecule has 140 valence electrons. The number of benzene rings is 1. The second kappa shape index (κ2) is 7.72. The van der Waals surface area contributed by atoms with Crippen molar-refractivity contribution < 1.29 is 4.79 Å². The van der Waals surface area contributed by atoms with Crippen LogP contribution < -0.4 is 16.6 Å². The quantitative estimate of drug-likeness (QED) is 0.861. The molecule has 1 aromatic carbocycles. The van der Waals surface area contributed by atoms with Crippen LogP contribution in [0.4, 0.5) is 0 Å². The highest BCUT2D eigenvalue weighted by molar-refractivity contribution is 5.76. The van der Waals surface area contributed by atoms with E-state index in [0.29, 0.717) is 0 Å². The highest BCUT2D eigenvalue weighted by atomic mass is 16.2. The lowest BCUT2D eigenvalue weighted by molar-refractivity contribution is -0.122. The van der Waals surface area contributed by atoms with E-state index in [0.717, 1.165) is 5.56 Å². The Labute approximate surface area is 153 Å². The second-order valence-electron chi connectivity index (χ2n) is 7.90. The minimum atomic E-state index is -0.594. The van der Waals surface area contributed by atoms with Crippen LogP contribution in [0.1, 0.15) is 51.8 Å². The van der Waals surface area contributed by atoms with Crippen LogP contribution in [0.15, 0.2) is 46.1 Å². The lowest BCUT2D eigenvalue weighted by Gasteiger charge is -2.25. The summed E-state index contributed by atoms with van der Waals surface area (Å²) in [5.41, 5.74) is 1.25. The first-order chi connectivity index (χ1) is 12.1. The van der Waals surface area contributed by atoms with Crippen LogP contribution in [-0.4, -0.2) is 15.5 Å². The van der Waals surface area contributed by atoms with Gasteiger partial charge >= 0.3 is 5.69 Å². The molecule has 2 aromatic rings. The van der Waals surface area contributed by atoms with E-state index >= 15 is 0 Å². The second-order valence-corrected chi connectivity index (χ2v) is 7.90. The van der Waals surface area contributed by atoms with Crippen molar-refractivity contribution in [1.82, 2.24) is 14.9 Å². The van der Waals surface area contributed by atoms with E-state index in [1.54, 1.807) is 0 Å². The third-order valence-corrected chi connectivity index (χ3v) is 4.33. The molecule has 2 N–H and O–H groups in total. The van der Waals surface area contributed by atoms with E-state index in [1.807, 2.05) is 26.0 Å². The van der Waals surface area contributed by atoms with E-state index < -0.39 is 11.2 Å². The zero-order valence-electron chi connectivity index (χ0n) is 16.0. The van der Waals surface area contributed by atoms with Crippen molar-refractivity contribution in [3.63, 3.8) is 0 Å². The molecule has 0 aliphatic carbocycles. The standard InChI is InChI=1S/C20H27N3O3/c1-13(2)18(14-6-8-15(9-7-14)20(3,4)5)21-17(25)12-23-11-10-16(24)22-19(23)26/h6-11,13,18H,12H2,1-5H3,(H,21,25)(H,22,24,26)/t18-/m0/s1. The number of nitrogens with one attached hydrogen (secondary N) is 2. The summed E-state index contributed by atoms with van der Waals surface area (Å²) in [6.45, 7) is 10.4. The maximum absolute atomic E-state index is 12.4. The highest BCUT2D eigenvalue weighted by Gasteiger charge is 2.20. The molecule has 1 heterocycles. The number of hydrogen-bond donors (Lipinski definition) is 2. The summed E-state index contributed by atoms with van der Waals surface area (Å²) in [6, 6.07) is 9.32. The summed E-state index contributed by atoms with van der Waals surface area (Å²) >= 11 is 0. The van der Waals surface area contributed by atoms with E-state index in [2.05, 4.69) is 43.2 Å². The van der Waals surface area contributed by atoms with Gasteiger partial charge in [0.15, 0.2) is 0 Å². The van der Waals surface area contributed by atoms with Gasteiger partial charge in [0, 0.05) is 12.3 Å². The van der Waals surface area contributed by atoms with Crippen molar-refractivity contribution in [2.24, 2.45) is 5.92 Å². The van der Waals surface area contributed by atoms with Crippen molar-refractivity contribution in [3.8, 4) is 0 Å². The van der Waals surface area contributed by atoms with Crippen molar-refractivity contribution >= 4 is 5.91 Å². The lowest BCUT2D eigenvalue weighted by atomic mass is 9.85. The summed E-state index contributed by atoms with van der Waals surface area (Å²) in [5.74, 6) is -0.0931. The van der Waals surface area contributed by atoms with Crippen LogP contribution in [0.5, 0.6) is 0 Å². The average molecular weight is 357 g/mol. The Bertz CT molecular complexity index is 871. The molecule has 1 aromatic heterocycles. The number of aromatic amines is 1. The van der Waals surface area contributed by atoms with Gasteiger partial charge in [0.1, 0.15) is 6.54 Å². The Morgan fingerprint density at radius 3 is 2.23 bits per heavy atom. The topological polar surface area (TPSA) is 84.0 Å². The van der Waals surface area contributed by atoms with E-state index in [4.69, 9.17) is 0 Å². The fourth-order valence-corrected chi connectivity index (χ4v) is 2.77. The number of amides is 1. The predicted molar refractivity (Wildman–Crippen MR) is 102 cm³/mol. The molecule has 1 amide bonds. The van der Waals surface area contributed by atoms with Gasteiger partial charge in [0.2, 0.25) is 5.91 Å². The molecule has 0 unspecified atom stereocenters. The maximum atomic E-state index is 12.4. The first-order valence-electron chi connectivity index (χ1n) is 8.77. The molecule has 0 bridgehead atoms. The van der Waals surface area contributed by atoms with Crippen LogP contribution >= 0.6 is 0 Å². The lowest BCUT2D eigenvalue weighted by Crippen LogP contribution is -2.38. The third-order valence-electron chi connectivity index (χ3n) is 4.33. The van der Waals surface area contributed by atoms with Crippen molar-refractivity contribution in [2.75, 3.05) is 0 Å². The third kappa shape index (κ3) is 4.94. The van der Waals surface area contributed by atoms with Gasteiger partial charge in [-0.3, -0.25) is 19.1 Å². The summed E-state index contributed by atoms with van der Waals surface area (Å²) in [4.78, 5) is 37.4. The monoisotopic (exact) mass is 357 g/mol. The van der Waals surface area contributed by atoms with Gasteiger partial charge in [0.05, 0.1) is 6.04 Å². The largest absolute Gasteiger partial charge is 0.347 e. The van der Waals surface area contributed by atoms with Gasteiger partial charge in [0.25, 0.3) is 5.56 Å². The Morgan fingerprint density at radius 1 is 1.12 bits per heavy atom. The highest BCUT2D eigenvalue weighted by Crippen LogP contribution is 2.26. The Hall–Kier alpha value is -2.63. The van der Waals surface area contributed by atoms with Gasteiger partial charge in [-0.15, -0.1) is 0 Å². The molecule has 0 saturated carbocycles. The Balaban J connectivity index is 2.16. The van der Waals surface area contributed by atoms with Crippen molar-refractivity contribution in [1.29, 1.82) is 0 Å². The van der Waals surface area contributed by atoms with Crippen LogP contribution in [0.25, 0.3) is 0 Å².